The number of hydrogen-bond donors (Lipinski definition) is 0. The second-order valence-corrected chi connectivity index (χ2v) is 8.32. The summed E-state index contributed by atoms with van der Waals surface area (Å²) in [6, 6.07) is 12.9. The van der Waals surface area contributed by atoms with Gasteiger partial charge in [0.25, 0.3) is 11.6 Å². The van der Waals surface area contributed by atoms with Crippen molar-refractivity contribution in [1.29, 1.82) is 0 Å². The minimum Gasteiger partial charge on any atom is -0.467 e. The highest BCUT2D eigenvalue weighted by Gasteiger charge is 2.29. The number of non-ortho nitro benzene ring substituents is 1. The molecule has 1 saturated heterocycles. The molecule has 8 nitrogen and oxygen atoms in total. The maximum Gasteiger partial charge on any atom is 0.270 e. The number of amides is 1. The normalized spacial score (nSPS) is 16.5. The molecular formula is C24H29N3O5. The van der Waals surface area contributed by atoms with Gasteiger partial charge in [-0.2, -0.15) is 0 Å². The maximum atomic E-state index is 12.8. The minimum absolute atomic E-state index is 0.0626. The number of rotatable bonds is 7. The number of hydrogen-bond acceptors (Lipinski definition) is 6. The number of nitrogens with zero attached hydrogens (tertiary/aromatic N) is 3. The van der Waals surface area contributed by atoms with Gasteiger partial charge in [-0.3, -0.25) is 19.8 Å². The van der Waals surface area contributed by atoms with E-state index in [2.05, 4.69) is 11.8 Å². The molecule has 2 aliphatic heterocycles. The van der Waals surface area contributed by atoms with E-state index in [4.69, 9.17) is 9.47 Å². The average molecular weight is 440 g/mol. The van der Waals surface area contributed by atoms with Gasteiger partial charge in [0.05, 0.1) is 11.5 Å². The van der Waals surface area contributed by atoms with Gasteiger partial charge >= 0.3 is 0 Å². The van der Waals surface area contributed by atoms with Crippen molar-refractivity contribution in [1.82, 2.24) is 9.80 Å². The number of ether oxygens (including phenoxy) is 2. The van der Waals surface area contributed by atoms with Crippen molar-refractivity contribution in [2.24, 2.45) is 0 Å². The van der Waals surface area contributed by atoms with E-state index in [1.54, 1.807) is 6.07 Å². The Kier molecular flexibility index (Phi) is 7.02. The monoisotopic (exact) mass is 439 g/mol. The summed E-state index contributed by atoms with van der Waals surface area (Å²) in [7, 11) is 0. The molecule has 1 amide bonds. The second-order valence-electron chi connectivity index (χ2n) is 8.32. The highest BCUT2D eigenvalue weighted by molar-refractivity contribution is 5.94. The summed E-state index contributed by atoms with van der Waals surface area (Å²) < 4.78 is 11.1. The SMILES string of the molecule is CCCN(Cc1cc([N+](=O)[O-])cc2c1OCOC2)C1CCN(C(=O)c2ccccc2)CC1. The molecule has 2 aliphatic rings. The Morgan fingerprint density at radius 1 is 1.22 bits per heavy atom. The molecule has 0 saturated carbocycles. The van der Waals surface area contributed by atoms with E-state index >= 15 is 0 Å². The van der Waals surface area contributed by atoms with Crippen LogP contribution in [-0.4, -0.2) is 53.1 Å². The van der Waals surface area contributed by atoms with E-state index in [1.807, 2.05) is 35.2 Å². The fourth-order valence-electron chi connectivity index (χ4n) is 4.60. The van der Waals surface area contributed by atoms with Gasteiger partial charge in [0, 0.05) is 54.5 Å². The highest BCUT2D eigenvalue weighted by atomic mass is 16.7. The summed E-state index contributed by atoms with van der Waals surface area (Å²) in [6.45, 7) is 5.48. The van der Waals surface area contributed by atoms with Crippen LogP contribution in [-0.2, 0) is 17.9 Å². The van der Waals surface area contributed by atoms with Crippen LogP contribution in [0.25, 0.3) is 0 Å². The number of fused-ring (bicyclic) bond motifs is 1. The van der Waals surface area contributed by atoms with Gasteiger partial charge in [-0.15, -0.1) is 0 Å². The average Bonchev–Trinajstić information content (AvgIpc) is 2.84. The summed E-state index contributed by atoms with van der Waals surface area (Å²) in [5.74, 6) is 0.784. The van der Waals surface area contributed by atoms with E-state index in [-0.39, 0.29) is 23.3 Å². The Hall–Kier alpha value is -2.97. The number of carbonyl (C=O) groups is 1. The highest BCUT2D eigenvalue weighted by Crippen LogP contribution is 2.34. The van der Waals surface area contributed by atoms with E-state index in [9.17, 15) is 14.9 Å². The molecule has 4 rings (SSSR count). The number of nitro benzene ring substituents is 1. The van der Waals surface area contributed by atoms with Crippen molar-refractivity contribution in [2.45, 2.75) is 45.4 Å². The number of benzene rings is 2. The topological polar surface area (TPSA) is 85.2 Å². The molecule has 0 aromatic heterocycles. The first kappa shape index (κ1) is 22.2. The predicted molar refractivity (Wildman–Crippen MR) is 119 cm³/mol. The molecule has 0 spiro atoms. The molecule has 0 radical (unpaired) electrons. The predicted octanol–water partition coefficient (Wildman–Crippen LogP) is 3.98. The van der Waals surface area contributed by atoms with Crippen molar-refractivity contribution in [3.8, 4) is 5.75 Å². The lowest BCUT2D eigenvalue weighted by atomic mass is 10.00. The summed E-state index contributed by atoms with van der Waals surface area (Å²) in [4.78, 5) is 28.2. The number of piperidine rings is 1. The molecule has 0 bridgehead atoms. The third-order valence-corrected chi connectivity index (χ3v) is 6.16. The summed E-state index contributed by atoms with van der Waals surface area (Å²) >= 11 is 0. The van der Waals surface area contributed by atoms with Crippen LogP contribution in [0.2, 0.25) is 0 Å². The molecular weight excluding hydrogens is 410 g/mol. The van der Waals surface area contributed by atoms with Gasteiger partial charge in [-0.25, -0.2) is 0 Å². The van der Waals surface area contributed by atoms with Crippen LogP contribution in [0.4, 0.5) is 5.69 Å². The molecule has 8 heteroatoms. The first-order valence-electron chi connectivity index (χ1n) is 11.2. The molecule has 170 valence electrons. The summed E-state index contributed by atoms with van der Waals surface area (Å²) in [5.41, 5.74) is 2.33. The molecule has 0 N–H and O–H groups in total. The Balaban J connectivity index is 1.48. The molecule has 32 heavy (non-hydrogen) atoms. The lowest BCUT2D eigenvalue weighted by Crippen LogP contribution is -2.46. The fraction of sp³-hybridized carbons (Fsp3) is 0.458. The quantitative estimate of drug-likeness (QED) is 0.479. The molecule has 0 atom stereocenters. The van der Waals surface area contributed by atoms with Gasteiger partial charge in [0.1, 0.15) is 5.75 Å². The Labute approximate surface area is 187 Å². The smallest absolute Gasteiger partial charge is 0.270 e. The third kappa shape index (κ3) is 4.92. The van der Waals surface area contributed by atoms with Crippen molar-refractivity contribution in [3.63, 3.8) is 0 Å². The molecule has 2 aromatic carbocycles. The van der Waals surface area contributed by atoms with Crippen LogP contribution in [0.1, 0.15) is 47.7 Å². The third-order valence-electron chi connectivity index (χ3n) is 6.16. The Morgan fingerprint density at radius 2 is 1.97 bits per heavy atom. The zero-order valence-corrected chi connectivity index (χ0v) is 18.4. The van der Waals surface area contributed by atoms with Crippen molar-refractivity contribution < 1.29 is 19.2 Å². The van der Waals surface area contributed by atoms with Crippen LogP contribution >= 0.6 is 0 Å². The van der Waals surface area contributed by atoms with Gasteiger partial charge in [0.15, 0.2) is 6.79 Å². The van der Waals surface area contributed by atoms with Crippen LogP contribution in [0.15, 0.2) is 42.5 Å². The molecule has 0 unspecified atom stereocenters. The standard InChI is InChI=1S/C24H29N3O5/c1-2-10-26(15-19-13-22(27(29)30)14-20-16-31-17-32-23(19)20)21-8-11-25(12-9-21)24(28)18-6-4-3-5-7-18/h3-7,13-14,21H,2,8-12,15-17H2,1H3. The van der Waals surface area contributed by atoms with Crippen LogP contribution < -0.4 is 4.74 Å². The first-order valence-corrected chi connectivity index (χ1v) is 11.2. The van der Waals surface area contributed by atoms with Crippen LogP contribution in [0.3, 0.4) is 0 Å². The van der Waals surface area contributed by atoms with Gasteiger partial charge in [-0.1, -0.05) is 25.1 Å². The van der Waals surface area contributed by atoms with E-state index in [0.717, 1.165) is 42.5 Å². The minimum atomic E-state index is -0.365. The van der Waals surface area contributed by atoms with Crippen molar-refractivity contribution in [2.75, 3.05) is 26.4 Å². The van der Waals surface area contributed by atoms with Gasteiger partial charge in [0.2, 0.25) is 0 Å². The molecule has 2 aromatic rings. The van der Waals surface area contributed by atoms with E-state index in [1.165, 1.54) is 6.07 Å². The lowest BCUT2D eigenvalue weighted by molar-refractivity contribution is -0.385. The van der Waals surface area contributed by atoms with Crippen LogP contribution in [0.5, 0.6) is 5.75 Å². The molecule has 2 heterocycles. The van der Waals surface area contributed by atoms with Crippen LogP contribution in [0, 0.1) is 10.1 Å². The Morgan fingerprint density at radius 3 is 2.66 bits per heavy atom. The van der Waals surface area contributed by atoms with Crippen molar-refractivity contribution in [3.05, 3.63) is 69.3 Å². The number of nitro groups is 1. The molecule has 0 aliphatic carbocycles. The lowest BCUT2D eigenvalue weighted by Gasteiger charge is -2.39. The maximum absolute atomic E-state index is 12.8. The fourth-order valence-corrected chi connectivity index (χ4v) is 4.60. The first-order chi connectivity index (χ1) is 15.6. The molecule has 1 fully saturated rings. The number of likely N-dealkylation sites (tertiary alicyclic amines) is 1. The summed E-state index contributed by atoms with van der Waals surface area (Å²) in [5, 5.41) is 11.4. The number of carbonyl (C=O) groups excluding carboxylic acids is 1. The zero-order chi connectivity index (χ0) is 22.5. The van der Waals surface area contributed by atoms with E-state index in [0.29, 0.717) is 38.0 Å². The summed E-state index contributed by atoms with van der Waals surface area (Å²) in [6.07, 6.45) is 2.73. The van der Waals surface area contributed by atoms with Gasteiger partial charge in [-0.05, 0) is 37.9 Å². The van der Waals surface area contributed by atoms with Crippen molar-refractivity contribution >= 4 is 11.6 Å². The Bertz CT molecular complexity index is 958. The largest absolute Gasteiger partial charge is 0.467 e. The second kappa shape index (κ2) is 10.1. The van der Waals surface area contributed by atoms with E-state index < -0.39 is 0 Å². The van der Waals surface area contributed by atoms with Gasteiger partial charge < -0.3 is 14.4 Å². The zero-order valence-electron chi connectivity index (χ0n) is 18.4.